The lowest BCUT2D eigenvalue weighted by Gasteiger charge is -2.16. The van der Waals surface area contributed by atoms with Gasteiger partial charge in [0.25, 0.3) is 0 Å². The summed E-state index contributed by atoms with van der Waals surface area (Å²) in [5.74, 6) is 1.53. The fraction of sp³-hybridized carbons (Fsp3) is 0.692. The zero-order chi connectivity index (χ0) is 14.4. The highest BCUT2D eigenvalue weighted by atomic mass is 15.3. The lowest BCUT2D eigenvalue weighted by molar-refractivity contribution is 0.441. The summed E-state index contributed by atoms with van der Waals surface area (Å²) in [5, 5.41) is 18.5. The summed E-state index contributed by atoms with van der Waals surface area (Å²) >= 11 is 0. The first-order chi connectivity index (χ1) is 9.70. The molecule has 0 aliphatic carbocycles. The van der Waals surface area contributed by atoms with Crippen molar-refractivity contribution in [3.63, 3.8) is 0 Å². The fourth-order valence-electron chi connectivity index (χ4n) is 2.11. The van der Waals surface area contributed by atoms with Gasteiger partial charge >= 0.3 is 0 Å². The summed E-state index contributed by atoms with van der Waals surface area (Å²) in [6, 6.07) is 0.115. The number of nitrogens with one attached hydrogen (secondary N) is 2. The Bertz CT molecular complexity index is 489. The number of aromatic nitrogens is 6. The Hall–Kier alpha value is -1.76. The maximum Gasteiger partial charge on any atom is 0.138 e. The van der Waals surface area contributed by atoms with Gasteiger partial charge in [-0.2, -0.15) is 20.5 Å². The van der Waals surface area contributed by atoms with Crippen molar-refractivity contribution in [3.8, 4) is 0 Å². The van der Waals surface area contributed by atoms with E-state index in [1.54, 1.807) is 12.5 Å². The van der Waals surface area contributed by atoms with Crippen LogP contribution in [0.3, 0.4) is 0 Å². The molecule has 2 aromatic heterocycles. The van der Waals surface area contributed by atoms with Crippen molar-refractivity contribution in [2.45, 2.75) is 46.2 Å². The Morgan fingerprint density at radius 3 is 2.90 bits per heavy atom. The molecule has 2 aromatic rings. The first kappa shape index (κ1) is 14.6. The van der Waals surface area contributed by atoms with Crippen LogP contribution in [-0.2, 0) is 13.0 Å². The van der Waals surface area contributed by atoms with Crippen molar-refractivity contribution in [1.82, 2.24) is 35.5 Å². The van der Waals surface area contributed by atoms with Crippen molar-refractivity contribution in [2.24, 2.45) is 5.92 Å². The van der Waals surface area contributed by atoms with Gasteiger partial charge in [-0.15, -0.1) is 0 Å². The second kappa shape index (κ2) is 7.14. The first-order valence-electron chi connectivity index (χ1n) is 7.16. The molecule has 7 heteroatoms. The molecule has 0 aromatic carbocycles. The molecule has 0 spiro atoms. The molecule has 0 amide bonds. The zero-order valence-corrected chi connectivity index (χ0v) is 12.4. The van der Waals surface area contributed by atoms with E-state index < -0.39 is 0 Å². The topological polar surface area (TPSA) is 84.3 Å². The SMILES string of the molecule is CCCNC(Cc1ncnn1CC(C)C)c1cn[nH]n1. The molecule has 2 heterocycles. The minimum atomic E-state index is 0.115. The Balaban J connectivity index is 2.09. The van der Waals surface area contributed by atoms with Gasteiger partial charge in [0.15, 0.2) is 0 Å². The predicted molar refractivity (Wildman–Crippen MR) is 76.0 cm³/mol. The molecule has 0 aliphatic heterocycles. The first-order valence-corrected chi connectivity index (χ1v) is 7.16. The van der Waals surface area contributed by atoms with Gasteiger partial charge in [0.05, 0.1) is 17.9 Å². The van der Waals surface area contributed by atoms with Crippen molar-refractivity contribution < 1.29 is 0 Å². The van der Waals surface area contributed by atoms with Crippen molar-refractivity contribution in [2.75, 3.05) is 6.54 Å². The van der Waals surface area contributed by atoms with Crippen molar-refractivity contribution in [3.05, 3.63) is 24.0 Å². The molecule has 20 heavy (non-hydrogen) atoms. The van der Waals surface area contributed by atoms with E-state index in [1.807, 2.05) is 4.68 Å². The van der Waals surface area contributed by atoms with Crippen LogP contribution in [0.1, 0.15) is 44.8 Å². The average Bonchev–Trinajstić information content (AvgIpc) is 3.05. The van der Waals surface area contributed by atoms with Crippen LogP contribution in [0.2, 0.25) is 0 Å². The third-order valence-corrected chi connectivity index (χ3v) is 3.05. The van der Waals surface area contributed by atoms with E-state index in [0.29, 0.717) is 5.92 Å². The van der Waals surface area contributed by atoms with Gasteiger partial charge in [-0.25, -0.2) is 9.67 Å². The lowest BCUT2D eigenvalue weighted by atomic mass is 10.1. The molecule has 1 unspecified atom stereocenters. The number of nitrogens with zero attached hydrogens (tertiary/aromatic N) is 5. The molecule has 0 bridgehead atoms. The van der Waals surface area contributed by atoms with E-state index in [9.17, 15) is 0 Å². The molecule has 0 aliphatic rings. The third-order valence-electron chi connectivity index (χ3n) is 3.05. The number of hydrogen-bond donors (Lipinski definition) is 2. The summed E-state index contributed by atoms with van der Waals surface area (Å²) in [6.45, 7) is 8.32. The Morgan fingerprint density at radius 1 is 1.40 bits per heavy atom. The van der Waals surface area contributed by atoms with Crippen LogP contribution >= 0.6 is 0 Å². The quantitative estimate of drug-likeness (QED) is 0.760. The minimum absolute atomic E-state index is 0.115. The highest BCUT2D eigenvalue weighted by molar-refractivity contribution is 5.04. The van der Waals surface area contributed by atoms with E-state index in [4.69, 9.17) is 0 Å². The normalized spacial score (nSPS) is 13.0. The predicted octanol–water partition coefficient (Wildman–Crippen LogP) is 1.34. The number of hydrogen-bond acceptors (Lipinski definition) is 5. The summed E-state index contributed by atoms with van der Waals surface area (Å²) in [7, 11) is 0. The average molecular weight is 277 g/mol. The Kier molecular flexibility index (Phi) is 5.23. The number of aromatic amines is 1. The maximum absolute atomic E-state index is 4.38. The molecule has 0 saturated heterocycles. The summed E-state index contributed by atoms with van der Waals surface area (Å²) in [6.07, 6.45) is 5.22. The number of H-pyrrole nitrogens is 1. The van der Waals surface area contributed by atoms with Crippen LogP contribution in [0.4, 0.5) is 0 Å². The third kappa shape index (κ3) is 3.86. The molecule has 1 atom stereocenters. The largest absolute Gasteiger partial charge is 0.308 e. The van der Waals surface area contributed by atoms with Crippen LogP contribution in [0.15, 0.2) is 12.5 Å². The van der Waals surface area contributed by atoms with Crippen LogP contribution in [0.5, 0.6) is 0 Å². The Morgan fingerprint density at radius 2 is 2.25 bits per heavy atom. The minimum Gasteiger partial charge on any atom is -0.308 e. The van der Waals surface area contributed by atoms with Gasteiger partial charge in [0, 0.05) is 13.0 Å². The Labute approximate surface area is 119 Å². The van der Waals surface area contributed by atoms with Gasteiger partial charge in [0.2, 0.25) is 0 Å². The van der Waals surface area contributed by atoms with Crippen LogP contribution in [0.25, 0.3) is 0 Å². The van der Waals surface area contributed by atoms with Crippen molar-refractivity contribution >= 4 is 0 Å². The molecular formula is C13H23N7. The van der Waals surface area contributed by atoms with E-state index in [2.05, 4.69) is 51.6 Å². The fourth-order valence-corrected chi connectivity index (χ4v) is 2.11. The van der Waals surface area contributed by atoms with E-state index >= 15 is 0 Å². The second-order valence-corrected chi connectivity index (χ2v) is 5.36. The maximum atomic E-state index is 4.38. The van der Waals surface area contributed by atoms with Gasteiger partial charge in [-0.1, -0.05) is 20.8 Å². The molecule has 7 nitrogen and oxygen atoms in total. The highest BCUT2D eigenvalue weighted by Gasteiger charge is 2.18. The van der Waals surface area contributed by atoms with Crippen LogP contribution in [0, 0.1) is 5.92 Å². The molecule has 0 fully saturated rings. The van der Waals surface area contributed by atoms with Crippen molar-refractivity contribution in [1.29, 1.82) is 0 Å². The van der Waals surface area contributed by atoms with E-state index in [0.717, 1.165) is 37.4 Å². The second-order valence-electron chi connectivity index (χ2n) is 5.36. The van der Waals surface area contributed by atoms with Crippen LogP contribution < -0.4 is 5.32 Å². The summed E-state index contributed by atoms with van der Waals surface area (Å²) in [4.78, 5) is 4.38. The summed E-state index contributed by atoms with van der Waals surface area (Å²) < 4.78 is 1.98. The molecule has 2 rings (SSSR count). The van der Waals surface area contributed by atoms with E-state index in [1.165, 1.54) is 0 Å². The van der Waals surface area contributed by atoms with Crippen LogP contribution in [-0.4, -0.2) is 36.7 Å². The standard InChI is InChI=1S/C13H23N7/c1-4-5-14-11(12-7-16-19-18-12)6-13-15-9-17-20(13)8-10(2)3/h7,9-11,14H,4-6,8H2,1-3H3,(H,16,18,19). The smallest absolute Gasteiger partial charge is 0.138 e. The zero-order valence-electron chi connectivity index (χ0n) is 12.4. The molecule has 110 valence electrons. The molecule has 2 N–H and O–H groups in total. The monoisotopic (exact) mass is 277 g/mol. The van der Waals surface area contributed by atoms with E-state index in [-0.39, 0.29) is 6.04 Å². The lowest BCUT2D eigenvalue weighted by Crippen LogP contribution is -2.26. The molecular weight excluding hydrogens is 254 g/mol. The van der Waals surface area contributed by atoms with Gasteiger partial charge in [-0.3, -0.25) is 0 Å². The highest BCUT2D eigenvalue weighted by Crippen LogP contribution is 2.15. The summed E-state index contributed by atoms with van der Waals surface area (Å²) in [5.41, 5.74) is 0.914. The molecule has 0 radical (unpaired) electrons. The number of rotatable bonds is 8. The molecule has 0 saturated carbocycles. The van der Waals surface area contributed by atoms with Gasteiger partial charge in [-0.05, 0) is 18.9 Å². The van der Waals surface area contributed by atoms with Gasteiger partial charge < -0.3 is 5.32 Å². The van der Waals surface area contributed by atoms with Gasteiger partial charge in [0.1, 0.15) is 12.2 Å².